The summed E-state index contributed by atoms with van der Waals surface area (Å²) in [5.74, 6) is -0.0509. The molecule has 1 fully saturated rings. The first kappa shape index (κ1) is 9.90. The van der Waals surface area contributed by atoms with Crippen molar-refractivity contribution in [2.24, 2.45) is 22.5 Å². The Labute approximate surface area is 72.3 Å². The van der Waals surface area contributed by atoms with Crippen molar-refractivity contribution >= 4 is 0 Å². The van der Waals surface area contributed by atoms with E-state index in [1.54, 1.807) is 0 Å². The average molecular weight is 177 g/mol. The molecule has 1 aliphatic rings. The van der Waals surface area contributed by atoms with Crippen molar-refractivity contribution in [3.63, 3.8) is 0 Å². The first-order valence-electron chi connectivity index (χ1n) is 4.26. The molecule has 0 amide bonds. The Hall–Kier alpha value is -0.180. The molecule has 0 aliphatic heterocycles. The standard InChI is InChI=1S/C9H17F2N/c1-8(2)6(9(8,3)4)5(12)7(10)11/h5-7H,12H2,1-4H3. The van der Waals surface area contributed by atoms with Gasteiger partial charge in [-0.3, -0.25) is 0 Å². The van der Waals surface area contributed by atoms with Gasteiger partial charge in [0.05, 0.1) is 6.04 Å². The van der Waals surface area contributed by atoms with Gasteiger partial charge < -0.3 is 5.73 Å². The normalized spacial score (nSPS) is 29.0. The van der Waals surface area contributed by atoms with Gasteiger partial charge in [-0.25, -0.2) is 8.78 Å². The number of hydrogen-bond acceptors (Lipinski definition) is 1. The zero-order valence-corrected chi connectivity index (χ0v) is 8.07. The SMILES string of the molecule is CC1(C)C(C(N)C(F)F)C1(C)C. The molecule has 1 nitrogen and oxygen atoms in total. The lowest BCUT2D eigenvalue weighted by Gasteiger charge is -2.11. The molecule has 1 rings (SSSR count). The second-order valence-electron chi connectivity index (χ2n) is 4.83. The largest absolute Gasteiger partial charge is 0.323 e. The van der Waals surface area contributed by atoms with Crippen LogP contribution in [0, 0.1) is 16.7 Å². The Morgan fingerprint density at radius 1 is 1.08 bits per heavy atom. The van der Waals surface area contributed by atoms with Gasteiger partial charge in [0.15, 0.2) is 0 Å². The van der Waals surface area contributed by atoms with Crippen molar-refractivity contribution in [2.75, 3.05) is 0 Å². The van der Waals surface area contributed by atoms with E-state index in [1.807, 2.05) is 27.7 Å². The maximum Gasteiger partial charge on any atom is 0.253 e. The third-order valence-electron chi connectivity index (χ3n) is 3.81. The molecular weight excluding hydrogens is 160 g/mol. The van der Waals surface area contributed by atoms with E-state index in [0.717, 1.165) is 0 Å². The van der Waals surface area contributed by atoms with Gasteiger partial charge in [0, 0.05) is 0 Å². The van der Waals surface area contributed by atoms with Crippen molar-refractivity contribution in [3.05, 3.63) is 0 Å². The van der Waals surface area contributed by atoms with Gasteiger partial charge >= 0.3 is 0 Å². The quantitative estimate of drug-likeness (QED) is 0.688. The fourth-order valence-electron chi connectivity index (χ4n) is 2.36. The van der Waals surface area contributed by atoms with E-state index in [1.165, 1.54) is 0 Å². The molecule has 12 heavy (non-hydrogen) atoms. The summed E-state index contributed by atoms with van der Waals surface area (Å²) in [4.78, 5) is 0. The summed E-state index contributed by atoms with van der Waals surface area (Å²) in [7, 11) is 0. The molecule has 1 unspecified atom stereocenters. The first-order valence-corrected chi connectivity index (χ1v) is 4.26. The maximum atomic E-state index is 12.3. The Balaban J connectivity index is 2.70. The summed E-state index contributed by atoms with van der Waals surface area (Å²) in [5.41, 5.74) is 5.35. The van der Waals surface area contributed by atoms with E-state index in [2.05, 4.69) is 0 Å². The molecule has 0 spiro atoms. The highest BCUT2D eigenvalue weighted by Gasteiger charge is 2.67. The first-order chi connectivity index (χ1) is 5.23. The van der Waals surface area contributed by atoms with Crippen LogP contribution in [0.2, 0.25) is 0 Å². The molecule has 0 aromatic carbocycles. The third kappa shape index (κ3) is 1.06. The van der Waals surface area contributed by atoms with Crippen molar-refractivity contribution < 1.29 is 8.78 Å². The number of rotatable bonds is 2. The van der Waals surface area contributed by atoms with Crippen LogP contribution in [-0.4, -0.2) is 12.5 Å². The van der Waals surface area contributed by atoms with Crippen LogP contribution in [0.5, 0.6) is 0 Å². The van der Waals surface area contributed by atoms with Crippen LogP contribution < -0.4 is 5.73 Å². The van der Waals surface area contributed by atoms with E-state index in [9.17, 15) is 8.78 Å². The van der Waals surface area contributed by atoms with Gasteiger partial charge in [0.2, 0.25) is 0 Å². The van der Waals surface area contributed by atoms with Crippen LogP contribution in [0.3, 0.4) is 0 Å². The number of hydrogen-bond donors (Lipinski definition) is 1. The Morgan fingerprint density at radius 2 is 1.42 bits per heavy atom. The van der Waals surface area contributed by atoms with Crippen LogP contribution in [0.1, 0.15) is 27.7 Å². The van der Waals surface area contributed by atoms with E-state index in [4.69, 9.17) is 5.73 Å². The van der Waals surface area contributed by atoms with Crippen molar-refractivity contribution in [1.82, 2.24) is 0 Å². The molecule has 3 heteroatoms. The predicted molar refractivity (Wildman–Crippen MR) is 45.0 cm³/mol. The van der Waals surface area contributed by atoms with E-state index < -0.39 is 12.5 Å². The highest BCUT2D eigenvalue weighted by atomic mass is 19.3. The van der Waals surface area contributed by atoms with Gasteiger partial charge in [0.1, 0.15) is 0 Å². The summed E-state index contributed by atoms with van der Waals surface area (Å²) < 4.78 is 24.6. The second-order valence-corrected chi connectivity index (χ2v) is 4.83. The van der Waals surface area contributed by atoms with Gasteiger partial charge in [0.25, 0.3) is 6.43 Å². The molecule has 2 N–H and O–H groups in total. The van der Waals surface area contributed by atoms with Crippen LogP contribution in [0.15, 0.2) is 0 Å². The minimum Gasteiger partial charge on any atom is -0.323 e. The fraction of sp³-hybridized carbons (Fsp3) is 1.00. The third-order valence-corrected chi connectivity index (χ3v) is 3.81. The summed E-state index contributed by atoms with van der Waals surface area (Å²) >= 11 is 0. The Kier molecular flexibility index (Phi) is 1.99. The zero-order valence-electron chi connectivity index (χ0n) is 8.07. The highest BCUT2D eigenvalue weighted by Crippen LogP contribution is 2.69. The monoisotopic (exact) mass is 177 g/mol. The molecule has 72 valence electrons. The summed E-state index contributed by atoms with van der Waals surface area (Å²) in [6, 6.07) is -0.963. The van der Waals surface area contributed by atoms with E-state index in [-0.39, 0.29) is 16.7 Å². The van der Waals surface area contributed by atoms with E-state index in [0.29, 0.717) is 0 Å². The molecule has 0 radical (unpaired) electrons. The second kappa shape index (κ2) is 2.41. The van der Waals surface area contributed by atoms with Crippen LogP contribution in [-0.2, 0) is 0 Å². The molecule has 0 heterocycles. The van der Waals surface area contributed by atoms with Gasteiger partial charge in [-0.2, -0.15) is 0 Å². The van der Waals surface area contributed by atoms with Gasteiger partial charge in [-0.15, -0.1) is 0 Å². The Morgan fingerprint density at radius 3 is 1.50 bits per heavy atom. The van der Waals surface area contributed by atoms with Crippen LogP contribution in [0.4, 0.5) is 8.78 Å². The maximum absolute atomic E-state index is 12.3. The molecule has 0 saturated heterocycles. The average Bonchev–Trinajstić information content (AvgIpc) is 2.23. The van der Waals surface area contributed by atoms with Crippen LogP contribution >= 0.6 is 0 Å². The number of halogens is 2. The number of alkyl halides is 2. The molecule has 1 saturated carbocycles. The molecular formula is C9H17F2N. The highest BCUT2D eigenvalue weighted by molar-refractivity contribution is 5.16. The lowest BCUT2D eigenvalue weighted by atomic mass is 10.0. The molecule has 0 bridgehead atoms. The fourth-order valence-corrected chi connectivity index (χ4v) is 2.36. The predicted octanol–water partition coefficient (Wildman–Crippen LogP) is 2.26. The van der Waals surface area contributed by atoms with Crippen molar-refractivity contribution in [1.29, 1.82) is 0 Å². The minimum atomic E-state index is -2.39. The summed E-state index contributed by atoms with van der Waals surface area (Å²) in [5, 5.41) is 0. The Bertz CT molecular complexity index is 173. The number of nitrogens with two attached hydrogens (primary N) is 1. The zero-order chi connectivity index (χ0) is 9.73. The topological polar surface area (TPSA) is 26.0 Å². The van der Waals surface area contributed by atoms with Crippen LogP contribution in [0.25, 0.3) is 0 Å². The van der Waals surface area contributed by atoms with Crippen molar-refractivity contribution in [2.45, 2.75) is 40.2 Å². The lowest BCUT2D eigenvalue weighted by Crippen LogP contribution is -2.33. The molecule has 1 atom stereocenters. The van der Waals surface area contributed by atoms with Crippen molar-refractivity contribution in [3.8, 4) is 0 Å². The van der Waals surface area contributed by atoms with E-state index >= 15 is 0 Å². The van der Waals surface area contributed by atoms with Gasteiger partial charge in [-0.1, -0.05) is 27.7 Å². The molecule has 0 aromatic heterocycles. The molecule has 0 aromatic rings. The minimum absolute atomic E-state index is 0.0388. The molecule has 1 aliphatic carbocycles. The summed E-state index contributed by atoms with van der Waals surface area (Å²) in [6.07, 6.45) is -2.39. The van der Waals surface area contributed by atoms with Gasteiger partial charge in [-0.05, 0) is 16.7 Å². The lowest BCUT2D eigenvalue weighted by molar-refractivity contribution is 0.0976. The smallest absolute Gasteiger partial charge is 0.253 e. The summed E-state index contributed by atoms with van der Waals surface area (Å²) in [6.45, 7) is 8.00.